The third-order valence-electron chi connectivity index (χ3n) is 3.52. The summed E-state index contributed by atoms with van der Waals surface area (Å²) in [5.41, 5.74) is 0.381. The van der Waals surface area contributed by atoms with Crippen LogP contribution < -0.4 is 14.5 Å². The number of ether oxygens (including phenoxy) is 1. The highest BCUT2D eigenvalue weighted by Gasteiger charge is 2.32. The number of pyridine rings is 1. The van der Waals surface area contributed by atoms with Gasteiger partial charge in [-0.15, -0.1) is 0 Å². The Balaban J connectivity index is 1.83. The number of rotatable bonds is 2. The Hall–Kier alpha value is -3.49. The maximum absolute atomic E-state index is 12.4. The average molecular weight is 328 g/mol. The van der Waals surface area contributed by atoms with Gasteiger partial charge in [-0.05, 0) is 24.3 Å². The average Bonchev–Trinajstić information content (AvgIpc) is 2.58. The highest BCUT2D eigenvalue weighted by Crippen LogP contribution is 2.30. The lowest BCUT2D eigenvalue weighted by atomic mass is 10.2. The monoisotopic (exact) mass is 328 g/mol. The van der Waals surface area contributed by atoms with Crippen molar-refractivity contribution in [1.82, 2.24) is 4.98 Å². The molecule has 9 nitrogen and oxygen atoms in total. The van der Waals surface area contributed by atoms with Gasteiger partial charge in [0.2, 0.25) is 5.91 Å². The van der Waals surface area contributed by atoms with Crippen LogP contribution in [0.15, 0.2) is 42.6 Å². The van der Waals surface area contributed by atoms with E-state index in [0.29, 0.717) is 11.5 Å². The minimum Gasteiger partial charge on any atom is -0.410 e. The molecule has 2 aromatic rings. The smallest absolute Gasteiger partial charge is 0.410 e. The summed E-state index contributed by atoms with van der Waals surface area (Å²) in [6.07, 6.45) is 0.722. The number of hydrogen-bond acceptors (Lipinski definition) is 6. The van der Waals surface area contributed by atoms with Gasteiger partial charge in [-0.2, -0.15) is 0 Å². The number of benzene rings is 1. The molecule has 0 bridgehead atoms. The highest BCUT2D eigenvalue weighted by molar-refractivity contribution is 6.08. The topological polar surface area (TPSA) is 106 Å². The Morgan fingerprint density at radius 2 is 2.00 bits per heavy atom. The van der Waals surface area contributed by atoms with E-state index < -0.39 is 11.0 Å². The molecule has 0 saturated carbocycles. The van der Waals surface area contributed by atoms with Crippen LogP contribution in [0.2, 0.25) is 0 Å². The van der Waals surface area contributed by atoms with Crippen LogP contribution in [0.1, 0.15) is 0 Å². The van der Waals surface area contributed by atoms with Crippen LogP contribution in [-0.2, 0) is 4.79 Å². The summed E-state index contributed by atoms with van der Waals surface area (Å²) in [6, 6.07) is 8.41. The third kappa shape index (κ3) is 2.74. The Bertz CT molecular complexity index is 821. The molecule has 2 amide bonds. The van der Waals surface area contributed by atoms with Crippen molar-refractivity contribution in [2.45, 2.75) is 0 Å². The first-order valence-corrected chi connectivity index (χ1v) is 6.93. The molecule has 122 valence electrons. The molecular weight excluding hydrogens is 316 g/mol. The highest BCUT2D eigenvalue weighted by atomic mass is 16.6. The van der Waals surface area contributed by atoms with Crippen LogP contribution in [0.5, 0.6) is 5.75 Å². The standard InChI is InChI=1S/C15H12N4O5/c1-17-12-3-2-8-16-14(12)18(9-13(17)20)15(21)24-11-6-4-10(5-7-11)19(22)23/h2-8H,9H2,1H3. The van der Waals surface area contributed by atoms with E-state index in [1.165, 1.54) is 35.4 Å². The number of carbonyl (C=O) groups excluding carboxylic acids is 2. The first-order valence-electron chi connectivity index (χ1n) is 6.93. The number of nitro benzene ring substituents is 1. The van der Waals surface area contributed by atoms with Crippen LogP contribution in [0, 0.1) is 10.1 Å². The van der Waals surface area contributed by atoms with Crippen LogP contribution >= 0.6 is 0 Å². The number of hydrogen-bond donors (Lipinski definition) is 0. The predicted molar refractivity (Wildman–Crippen MR) is 84.1 cm³/mol. The Morgan fingerprint density at radius 3 is 2.67 bits per heavy atom. The van der Waals surface area contributed by atoms with Gasteiger partial charge in [0, 0.05) is 25.4 Å². The minimum absolute atomic E-state index is 0.114. The molecule has 0 unspecified atom stereocenters. The fourth-order valence-electron chi connectivity index (χ4n) is 2.25. The fourth-order valence-corrected chi connectivity index (χ4v) is 2.25. The SMILES string of the molecule is CN1C(=O)CN(C(=O)Oc2ccc([N+](=O)[O-])cc2)c2ncccc21. The number of non-ortho nitro benzene ring substituents is 1. The molecular formula is C15H12N4O5. The van der Waals surface area contributed by atoms with Crippen molar-refractivity contribution in [2.75, 3.05) is 23.4 Å². The molecule has 9 heteroatoms. The number of aromatic nitrogens is 1. The van der Waals surface area contributed by atoms with Gasteiger partial charge in [0.05, 0.1) is 10.6 Å². The number of nitrogens with zero attached hydrogens (tertiary/aromatic N) is 4. The molecule has 0 spiro atoms. The van der Waals surface area contributed by atoms with E-state index in [1.807, 2.05) is 0 Å². The second-order valence-corrected chi connectivity index (χ2v) is 5.00. The van der Waals surface area contributed by atoms with E-state index in [9.17, 15) is 19.7 Å². The molecule has 0 radical (unpaired) electrons. The molecule has 1 aromatic carbocycles. The Labute approximate surface area is 136 Å². The minimum atomic E-state index is -0.787. The van der Waals surface area contributed by atoms with Crippen LogP contribution in [0.3, 0.4) is 0 Å². The molecule has 3 rings (SSSR count). The Kier molecular flexibility index (Phi) is 3.82. The van der Waals surface area contributed by atoms with Crippen molar-refractivity contribution in [3.05, 3.63) is 52.7 Å². The van der Waals surface area contributed by atoms with Crippen LogP contribution in [-0.4, -0.2) is 35.5 Å². The first kappa shape index (κ1) is 15.4. The van der Waals surface area contributed by atoms with E-state index in [2.05, 4.69) is 4.98 Å². The maximum Gasteiger partial charge on any atom is 0.421 e. The largest absolute Gasteiger partial charge is 0.421 e. The quantitative estimate of drug-likeness (QED) is 0.616. The van der Waals surface area contributed by atoms with Crippen LogP contribution in [0.25, 0.3) is 0 Å². The molecule has 0 saturated heterocycles. The Morgan fingerprint density at radius 1 is 1.29 bits per heavy atom. The number of fused-ring (bicyclic) bond motifs is 1. The van der Waals surface area contributed by atoms with E-state index in [4.69, 9.17) is 4.74 Å². The van der Waals surface area contributed by atoms with Gasteiger partial charge in [0.1, 0.15) is 12.3 Å². The summed E-state index contributed by atoms with van der Waals surface area (Å²) in [5.74, 6) is 0.164. The van der Waals surface area contributed by atoms with Gasteiger partial charge in [-0.25, -0.2) is 14.7 Å². The molecule has 0 fully saturated rings. The van der Waals surface area contributed by atoms with Gasteiger partial charge in [0.15, 0.2) is 5.82 Å². The lowest BCUT2D eigenvalue weighted by Gasteiger charge is -2.32. The molecule has 2 heterocycles. The van der Waals surface area contributed by atoms with Crippen molar-refractivity contribution < 1.29 is 19.2 Å². The summed E-state index contributed by atoms with van der Waals surface area (Å²) in [5, 5.41) is 10.6. The molecule has 0 N–H and O–H groups in total. The van der Waals surface area contributed by atoms with Crippen molar-refractivity contribution in [1.29, 1.82) is 0 Å². The zero-order valence-electron chi connectivity index (χ0n) is 12.6. The van der Waals surface area contributed by atoms with Gasteiger partial charge in [-0.1, -0.05) is 0 Å². The number of anilines is 2. The summed E-state index contributed by atoms with van der Waals surface area (Å²) in [6.45, 7) is -0.202. The summed E-state index contributed by atoms with van der Waals surface area (Å²) in [7, 11) is 1.60. The van der Waals surface area contributed by atoms with E-state index >= 15 is 0 Å². The van der Waals surface area contributed by atoms with Gasteiger partial charge < -0.3 is 9.64 Å². The van der Waals surface area contributed by atoms with Crippen LogP contribution in [0.4, 0.5) is 22.0 Å². The number of amides is 2. The van der Waals surface area contributed by atoms with Crippen molar-refractivity contribution >= 4 is 29.2 Å². The number of nitro groups is 1. The van der Waals surface area contributed by atoms with E-state index in [-0.39, 0.29) is 23.9 Å². The van der Waals surface area contributed by atoms with Gasteiger partial charge in [0.25, 0.3) is 5.69 Å². The molecule has 0 aliphatic carbocycles. The summed E-state index contributed by atoms with van der Waals surface area (Å²) < 4.78 is 5.18. The van der Waals surface area contributed by atoms with Crippen molar-refractivity contribution in [3.8, 4) is 5.75 Å². The van der Waals surface area contributed by atoms with Gasteiger partial charge >= 0.3 is 6.09 Å². The van der Waals surface area contributed by atoms with Crippen molar-refractivity contribution in [2.24, 2.45) is 0 Å². The number of likely N-dealkylation sites (N-methyl/N-ethyl adjacent to an activating group) is 1. The molecule has 1 aromatic heterocycles. The molecule has 1 aliphatic heterocycles. The lowest BCUT2D eigenvalue weighted by molar-refractivity contribution is -0.384. The fraction of sp³-hybridized carbons (Fsp3) is 0.133. The molecule has 1 aliphatic rings. The second-order valence-electron chi connectivity index (χ2n) is 5.00. The second kappa shape index (κ2) is 5.95. The zero-order chi connectivity index (χ0) is 17.3. The summed E-state index contributed by atoms with van der Waals surface area (Å²) in [4.78, 5) is 41.1. The first-order chi connectivity index (χ1) is 11.5. The maximum atomic E-state index is 12.4. The normalized spacial score (nSPS) is 13.5. The molecule has 0 atom stereocenters. The van der Waals surface area contributed by atoms with E-state index in [0.717, 1.165) is 4.90 Å². The van der Waals surface area contributed by atoms with E-state index in [1.54, 1.807) is 19.2 Å². The van der Waals surface area contributed by atoms with Gasteiger partial charge in [-0.3, -0.25) is 14.9 Å². The van der Waals surface area contributed by atoms with Crippen molar-refractivity contribution in [3.63, 3.8) is 0 Å². The zero-order valence-corrected chi connectivity index (χ0v) is 12.6. The lowest BCUT2D eigenvalue weighted by Crippen LogP contribution is -2.48. The number of carbonyl (C=O) groups is 2. The summed E-state index contributed by atoms with van der Waals surface area (Å²) >= 11 is 0. The third-order valence-corrected chi connectivity index (χ3v) is 3.52. The molecule has 24 heavy (non-hydrogen) atoms. The predicted octanol–water partition coefficient (Wildman–Crippen LogP) is 1.97.